The molecule has 0 bridgehead atoms. The van der Waals surface area contributed by atoms with Crippen molar-refractivity contribution in [2.24, 2.45) is 0 Å². The van der Waals surface area contributed by atoms with Gasteiger partial charge in [0, 0.05) is 19.4 Å². The van der Waals surface area contributed by atoms with Crippen molar-refractivity contribution in [3.05, 3.63) is 85.1 Å². The summed E-state index contributed by atoms with van der Waals surface area (Å²) < 4.78 is 17.4. The van der Waals surface area contributed by atoms with E-state index in [0.29, 0.717) is 19.4 Å². The highest BCUT2D eigenvalue weighted by atomic mass is 16.6. The predicted molar refractivity (Wildman–Crippen MR) is 270 cm³/mol. The fraction of sp³-hybridized carbons (Fsp3) is 0.719. The molecule has 0 aromatic rings. The molecule has 5 heteroatoms. The third kappa shape index (κ3) is 49.7. The molecule has 5 nitrogen and oxygen atoms in total. The van der Waals surface area contributed by atoms with Crippen molar-refractivity contribution in [1.29, 1.82) is 0 Å². The Morgan fingerprint density at radius 1 is 0.371 bits per heavy atom. The Bertz CT molecular complexity index is 1160. The first kappa shape index (κ1) is 59.1. The van der Waals surface area contributed by atoms with E-state index in [4.69, 9.17) is 14.2 Å². The Balaban J connectivity index is 4.35. The fourth-order valence-electron chi connectivity index (χ4n) is 7.00. The molecule has 62 heavy (non-hydrogen) atoms. The summed E-state index contributed by atoms with van der Waals surface area (Å²) in [7, 11) is 0. The van der Waals surface area contributed by atoms with Crippen LogP contribution in [0.15, 0.2) is 85.1 Å². The van der Waals surface area contributed by atoms with Crippen molar-refractivity contribution in [1.82, 2.24) is 0 Å². The molecule has 0 fully saturated rings. The molecule has 0 aliphatic rings. The maximum Gasteiger partial charge on any atom is 0.306 e. The van der Waals surface area contributed by atoms with Crippen LogP contribution in [0.2, 0.25) is 0 Å². The zero-order valence-electron chi connectivity index (χ0n) is 40.9. The van der Waals surface area contributed by atoms with Gasteiger partial charge in [0.15, 0.2) is 6.10 Å². The van der Waals surface area contributed by atoms with Gasteiger partial charge in [0.1, 0.15) is 6.61 Å². The van der Waals surface area contributed by atoms with Crippen LogP contribution in [0.3, 0.4) is 0 Å². The minimum absolute atomic E-state index is 0.0635. The summed E-state index contributed by atoms with van der Waals surface area (Å²) in [5, 5.41) is 0. The van der Waals surface area contributed by atoms with Gasteiger partial charge in [-0.2, -0.15) is 0 Å². The number of hydrogen-bond donors (Lipinski definition) is 0. The second-order valence-electron chi connectivity index (χ2n) is 17.0. The molecule has 0 amide bonds. The topological polar surface area (TPSA) is 61.8 Å². The van der Waals surface area contributed by atoms with E-state index in [0.717, 1.165) is 103 Å². The van der Waals surface area contributed by atoms with Gasteiger partial charge in [0.2, 0.25) is 0 Å². The number of allylic oxidation sites excluding steroid dienone is 14. The van der Waals surface area contributed by atoms with Gasteiger partial charge in [0.25, 0.3) is 0 Å². The first-order chi connectivity index (χ1) is 30.6. The molecule has 0 aromatic carbocycles. The van der Waals surface area contributed by atoms with E-state index >= 15 is 0 Å². The number of rotatable bonds is 47. The lowest BCUT2D eigenvalue weighted by Gasteiger charge is -2.18. The molecule has 0 saturated heterocycles. The van der Waals surface area contributed by atoms with Crippen LogP contribution in [0.4, 0.5) is 0 Å². The second kappa shape index (κ2) is 52.4. The Labute approximate surface area is 384 Å². The van der Waals surface area contributed by atoms with Gasteiger partial charge in [-0.1, -0.05) is 196 Å². The van der Waals surface area contributed by atoms with E-state index in [1.54, 1.807) is 0 Å². The molecular formula is C57H98O5. The Morgan fingerprint density at radius 3 is 1.16 bits per heavy atom. The molecule has 356 valence electrons. The number of carbonyl (C=O) groups is 2. The van der Waals surface area contributed by atoms with Crippen molar-refractivity contribution in [2.75, 3.05) is 19.8 Å². The smallest absolute Gasteiger partial charge is 0.306 e. The summed E-state index contributed by atoms with van der Waals surface area (Å²) >= 11 is 0. The highest BCUT2D eigenvalue weighted by Crippen LogP contribution is 2.13. The SMILES string of the molecule is CC/C=C\C/C=C\C/C=C\CCCCCCCCOCC(COC(=O)CCCCCCC/C=C\C/C=C\CCCCC)OC(=O)CCCCCCC/C=C\C/C=C\CCCCC. The number of carbonyl (C=O) groups excluding carboxylic acids is 2. The average molecular weight is 863 g/mol. The number of esters is 2. The van der Waals surface area contributed by atoms with Gasteiger partial charge in [-0.15, -0.1) is 0 Å². The zero-order valence-corrected chi connectivity index (χ0v) is 40.9. The van der Waals surface area contributed by atoms with Crippen LogP contribution in [0, 0.1) is 0 Å². The predicted octanol–water partition coefficient (Wildman–Crippen LogP) is 17.7. The molecule has 0 spiro atoms. The monoisotopic (exact) mass is 863 g/mol. The number of hydrogen-bond acceptors (Lipinski definition) is 5. The van der Waals surface area contributed by atoms with Gasteiger partial charge < -0.3 is 14.2 Å². The minimum Gasteiger partial charge on any atom is -0.462 e. The van der Waals surface area contributed by atoms with Crippen LogP contribution >= 0.6 is 0 Å². The molecule has 0 saturated carbocycles. The van der Waals surface area contributed by atoms with Gasteiger partial charge in [-0.25, -0.2) is 0 Å². The summed E-state index contributed by atoms with van der Waals surface area (Å²) in [5.41, 5.74) is 0. The molecule has 0 aromatic heterocycles. The highest BCUT2D eigenvalue weighted by Gasteiger charge is 2.17. The van der Waals surface area contributed by atoms with Crippen molar-refractivity contribution < 1.29 is 23.8 Å². The highest BCUT2D eigenvalue weighted by molar-refractivity contribution is 5.70. The van der Waals surface area contributed by atoms with Crippen LogP contribution in [-0.2, 0) is 23.8 Å². The average Bonchev–Trinajstić information content (AvgIpc) is 3.27. The van der Waals surface area contributed by atoms with Crippen LogP contribution in [0.5, 0.6) is 0 Å². The van der Waals surface area contributed by atoms with Gasteiger partial charge in [-0.05, 0) is 116 Å². The largest absolute Gasteiger partial charge is 0.462 e. The molecule has 0 N–H and O–H groups in total. The van der Waals surface area contributed by atoms with E-state index in [-0.39, 0.29) is 25.2 Å². The van der Waals surface area contributed by atoms with E-state index in [1.165, 1.54) is 103 Å². The lowest BCUT2D eigenvalue weighted by atomic mass is 10.1. The fourth-order valence-corrected chi connectivity index (χ4v) is 7.00. The molecule has 0 radical (unpaired) electrons. The second-order valence-corrected chi connectivity index (χ2v) is 17.0. The van der Waals surface area contributed by atoms with Crippen molar-refractivity contribution in [2.45, 2.75) is 245 Å². The first-order valence-corrected chi connectivity index (χ1v) is 26.1. The summed E-state index contributed by atoms with van der Waals surface area (Å²) in [6.45, 7) is 7.61. The van der Waals surface area contributed by atoms with Crippen molar-refractivity contribution in [3.63, 3.8) is 0 Å². The van der Waals surface area contributed by atoms with Crippen molar-refractivity contribution >= 4 is 11.9 Å². The lowest BCUT2D eigenvalue weighted by molar-refractivity contribution is -0.163. The molecule has 1 atom stereocenters. The van der Waals surface area contributed by atoms with Crippen molar-refractivity contribution in [3.8, 4) is 0 Å². The molecule has 1 unspecified atom stereocenters. The maximum atomic E-state index is 12.8. The summed E-state index contributed by atoms with van der Waals surface area (Å²) in [4.78, 5) is 25.4. The zero-order chi connectivity index (χ0) is 44.9. The molecule has 0 rings (SSSR count). The van der Waals surface area contributed by atoms with Crippen LogP contribution in [0.25, 0.3) is 0 Å². The summed E-state index contributed by atoms with van der Waals surface area (Å²) in [6, 6.07) is 0. The number of unbranched alkanes of at least 4 members (excludes halogenated alkanes) is 22. The maximum absolute atomic E-state index is 12.8. The minimum atomic E-state index is -0.560. The molecule has 0 aliphatic heterocycles. The molecule has 0 aliphatic carbocycles. The third-order valence-corrected chi connectivity index (χ3v) is 10.9. The first-order valence-electron chi connectivity index (χ1n) is 26.1. The Kier molecular flexibility index (Phi) is 50.0. The summed E-state index contributed by atoms with van der Waals surface area (Å²) in [5.74, 6) is -0.437. The molecule has 0 heterocycles. The van der Waals surface area contributed by atoms with Crippen LogP contribution < -0.4 is 0 Å². The van der Waals surface area contributed by atoms with Gasteiger partial charge >= 0.3 is 11.9 Å². The van der Waals surface area contributed by atoms with Gasteiger partial charge in [-0.3, -0.25) is 9.59 Å². The van der Waals surface area contributed by atoms with E-state index < -0.39 is 6.10 Å². The van der Waals surface area contributed by atoms with E-state index in [9.17, 15) is 9.59 Å². The quantitative estimate of drug-likeness (QED) is 0.0346. The van der Waals surface area contributed by atoms with Crippen LogP contribution in [-0.4, -0.2) is 37.9 Å². The van der Waals surface area contributed by atoms with E-state index in [2.05, 4.69) is 106 Å². The standard InChI is InChI=1S/C57H98O5/c1-4-7-10-13-16-19-22-25-28-31-34-37-40-43-46-49-52-60-53-55(62-57(59)51-48-45-42-39-36-33-30-27-24-21-18-15-12-9-6-3)54-61-56(58)50-47-44-41-38-35-32-29-26-23-20-17-14-11-8-5-2/h7,10,16-21,25-30,55H,4-6,8-9,11-15,22-24,31-54H2,1-3H3/b10-7-,19-16-,20-17-,21-18-,28-25-,29-26-,30-27-. The number of ether oxygens (including phenoxy) is 3. The Morgan fingerprint density at radius 2 is 0.726 bits per heavy atom. The van der Waals surface area contributed by atoms with Gasteiger partial charge in [0.05, 0.1) is 6.61 Å². The normalized spacial score (nSPS) is 12.9. The molecular weight excluding hydrogens is 765 g/mol. The van der Waals surface area contributed by atoms with Crippen LogP contribution in [0.1, 0.15) is 239 Å². The lowest BCUT2D eigenvalue weighted by Crippen LogP contribution is -2.30. The Hall–Kier alpha value is -2.92. The summed E-state index contributed by atoms with van der Waals surface area (Å²) in [6.07, 6.45) is 68.7. The van der Waals surface area contributed by atoms with E-state index in [1.807, 2.05) is 0 Å². The third-order valence-electron chi connectivity index (χ3n) is 10.9.